The maximum atomic E-state index is 14.0. The van der Waals surface area contributed by atoms with Crippen LogP contribution in [0.1, 0.15) is 111 Å². The second kappa shape index (κ2) is 13.7. The molecule has 6 rings (SSSR count). The molecule has 6 aliphatic rings. The van der Waals surface area contributed by atoms with Gasteiger partial charge in [0.25, 0.3) is 5.91 Å². The summed E-state index contributed by atoms with van der Waals surface area (Å²) in [6, 6.07) is -3.20. The lowest BCUT2D eigenvalue weighted by molar-refractivity contribution is -0.150. The van der Waals surface area contributed by atoms with Gasteiger partial charge in [-0.15, -0.1) is 0 Å². The fraction of sp³-hybridized carbons (Fsp3) is 0.838. The summed E-state index contributed by atoms with van der Waals surface area (Å²) >= 11 is 0. The molecule has 1 unspecified atom stereocenters. The number of ether oxygens (including phenoxy) is 1. The first-order valence-corrected chi connectivity index (χ1v) is 19.0. The molecule has 4 saturated carbocycles. The maximum Gasteiger partial charge on any atom is 0.315 e. The number of rotatable bonds is 11. The quantitative estimate of drug-likeness (QED) is 0.239. The van der Waals surface area contributed by atoms with Gasteiger partial charge in [-0.3, -0.25) is 24.0 Å². The minimum absolute atomic E-state index is 0.00498. The Balaban J connectivity index is 1.15. The number of nitrogens with one attached hydrogen (secondary N) is 3. The Labute approximate surface area is 295 Å². The van der Waals surface area contributed by atoms with E-state index in [4.69, 9.17) is 10.5 Å². The molecule has 6 fully saturated rings. The first-order valence-electron chi connectivity index (χ1n) is 19.0. The number of amides is 6. The summed E-state index contributed by atoms with van der Waals surface area (Å²) in [4.78, 5) is 83.5. The van der Waals surface area contributed by atoms with Crippen LogP contribution in [-0.2, 0) is 28.7 Å². The third-order valence-electron chi connectivity index (χ3n) is 14.1. The number of primary amides is 1. The van der Waals surface area contributed by atoms with Crippen molar-refractivity contribution in [3.63, 3.8) is 0 Å². The minimum atomic E-state index is -1.08. The van der Waals surface area contributed by atoms with Crippen LogP contribution in [0.3, 0.4) is 0 Å². The first kappa shape index (κ1) is 36.6. The Bertz CT molecular complexity index is 1380. The van der Waals surface area contributed by atoms with Gasteiger partial charge in [0.05, 0.1) is 31.3 Å². The molecule has 0 bridgehead atoms. The predicted molar refractivity (Wildman–Crippen MR) is 184 cm³/mol. The molecule has 0 aromatic heterocycles. The molecule has 0 aromatic carbocycles. The van der Waals surface area contributed by atoms with E-state index in [9.17, 15) is 28.8 Å². The topological polar surface area (TPSA) is 180 Å². The average molecular weight is 699 g/mol. The highest BCUT2D eigenvalue weighted by molar-refractivity contribution is 6.37. The van der Waals surface area contributed by atoms with E-state index in [0.717, 1.165) is 70.6 Å². The van der Waals surface area contributed by atoms with Crippen LogP contribution < -0.4 is 21.7 Å². The maximum absolute atomic E-state index is 14.0. The van der Waals surface area contributed by atoms with Crippen molar-refractivity contribution in [2.24, 2.45) is 33.8 Å². The average Bonchev–Trinajstić information content (AvgIpc) is 3.25. The number of nitrogens with zero attached hydrogens (tertiary/aromatic N) is 2. The van der Waals surface area contributed by atoms with Crippen molar-refractivity contribution >= 4 is 35.4 Å². The van der Waals surface area contributed by atoms with E-state index in [2.05, 4.69) is 29.8 Å². The number of Topliss-reactive ketones (excluding diaryl/α,β-unsaturated/α-hetero) is 1. The number of morpholine rings is 1. The SMILES string of the molecule is CC1(C)COCCN1C(=O)[C@@H](NC(=O)NCC(=O)N1C[C@]2(C[C@H]1C(=O)NC(CC1CCC1)C(=O)C(N)=O)C(C)(C)C21CCC1)C1CCCCC1. The lowest BCUT2D eigenvalue weighted by Crippen LogP contribution is -2.63. The Morgan fingerprint density at radius 2 is 1.58 bits per heavy atom. The van der Waals surface area contributed by atoms with Gasteiger partial charge in [0.1, 0.15) is 12.1 Å². The van der Waals surface area contributed by atoms with Gasteiger partial charge in [-0.25, -0.2) is 4.79 Å². The normalized spacial score (nSPS) is 29.3. The van der Waals surface area contributed by atoms with E-state index in [1.165, 1.54) is 0 Å². The van der Waals surface area contributed by atoms with E-state index in [1.807, 2.05) is 18.7 Å². The van der Waals surface area contributed by atoms with Crippen LogP contribution >= 0.6 is 0 Å². The molecule has 2 saturated heterocycles. The van der Waals surface area contributed by atoms with Crippen LogP contribution in [0, 0.1) is 28.1 Å². The highest BCUT2D eigenvalue weighted by Gasteiger charge is 2.85. The number of carbonyl (C=O) groups excluding carboxylic acids is 6. The van der Waals surface area contributed by atoms with E-state index in [-0.39, 0.29) is 40.5 Å². The molecule has 4 aliphatic carbocycles. The van der Waals surface area contributed by atoms with E-state index in [1.54, 1.807) is 4.90 Å². The summed E-state index contributed by atoms with van der Waals surface area (Å²) in [6.45, 7) is 9.69. The van der Waals surface area contributed by atoms with Gasteiger partial charge in [-0.05, 0) is 75.0 Å². The molecule has 13 heteroatoms. The number of ketones is 1. The summed E-state index contributed by atoms with van der Waals surface area (Å²) in [5.41, 5.74) is 4.58. The fourth-order valence-corrected chi connectivity index (χ4v) is 10.6. The van der Waals surface area contributed by atoms with Gasteiger partial charge in [-0.2, -0.15) is 0 Å². The standard InChI is InChI=1S/C37H58N6O7/c1-34(2)22-50-17-16-43(34)32(48)28(24-12-6-5-7-13-24)41-33(49)39-20-27(44)42-21-37(35(3,4)36(37)14-9-15-36)19-26(42)31(47)40-25(29(45)30(38)46)18-23-10-8-11-23/h23-26,28H,5-22H2,1-4H3,(H2,38,46)(H,40,47)(H2,39,41,49)/t25?,26-,28-,37+/m0/s1. The smallest absolute Gasteiger partial charge is 0.315 e. The fourth-order valence-electron chi connectivity index (χ4n) is 10.6. The van der Waals surface area contributed by atoms with E-state index < -0.39 is 53.2 Å². The first-order chi connectivity index (χ1) is 23.6. The number of hydrogen-bond donors (Lipinski definition) is 4. The monoisotopic (exact) mass is 698 g/mol. The Kier molecular flexibility index (Phi) is 10.0. The van der Waals surface area contributed by atoms with Crippen molar-refractivity contribution in [3.05, 3.63) is 0 Å². The van der Waals surface area contributed by atoms with Crippen molar-refractivity contribution in [2.75, 3.05) is 32.8 Å². The predicted octanol–water partition coefficient (Wildman–Crippen LogP) is 2.40. The molecule has 13 nitrogen and oxygen atoms in total. The molecule has 0 radical (unpaired) electrons. The Morgan fingerprint density at radius 1 is 0.880 bits per heavy atom. The number of carbonyl (C=O) groups is 6. The van der Waals surface area contributed by atoms with E-state index in [0.29, 0.717) is 39.1 Å². The van der Waals surface area contributed by atoms with Gasteiger partial charge in [0, 0.05) is 18.5 Å². The van der Waals surface area contributed by atoms with Gasteiger partial charge in [0.15, 0.2) is 0 Å². The number of urea groups is 1. The number of fused-ring (bicyclic) bond motifs is 1. The summed E-state index contributed by atoms with van der Waals surface area (Å²) < 4.78 is 5.63. The minimum Gasteiger partial charge on any atom is -0.377 e. The van der Waals surface area contributed by atoms with Crippen molar-refractivity contribution < 1.29 is 33.5 Å². The van der Waals surface area contributed by atoms with Crippen LogP contribution in [0.15, 0.2) is 0 Å². The van der Waals surface area contributed by atoms with Crippen molar-refractivity contribution in [2.45, 2.75) is 135 Å². The molecule has 6 amide bonds. The number of likely N-dealkylation sites (tertiary alicyclic amines) is 1. The largest absolute Gasteiger partial charge is 0.377 e. The van der Waals surface area contributed by atoms with Crippen molar-refractivity contribution in [1.29, 1.82) is 0 Å². The second-order valence-electron chi connectivity index (χ2n) is 17.3. The summed E-state index contributed by atoms with van der Waals surface area (Å²) in [7, 11) is 0. The summed E-state index contributed by atoms with van der Waals surface area (Å²) in [5.74, 6) is -2.67. The molecule has 4 atom stereocenters. The van der Waals surface area contributed by atoms with Crippen molar-refractivity contribution in [1.82, 2.24) is 25.8 Å². The van der Waals surface area contributed by atoms with Crippen LogP contribution in [0.2, 0.25) is 0 Å². The molecule has 278 valence electrons. The zero-order valence-corrected chi connectivity index (χ0v) is 30.4. The van der Waals surface area contributed by atoms with E-state index >= 15 is 0 Å². The molecule has 2 heterocycles. The Morgan fingerprint density at radius 3 is 2.14 bits per heavy atom. The van der Waals surface area contributed by atoms with Crippen LogP contribution in [0.5, 0.6) is 0 Å². The lowest BCUT2D eigenvalue weighted by Gasteiger charge is -2.45. The van der Waals surface area contributed by atoms with Crippen LogP contribution in [0.25, 0.3) is 0 Å². The molecular formula is C37H58N6O7. The molecule has 0 aromatic rings. The summed E-state index contributed by atoms with van der Waals surface area (Å²) in [5, 5.41) is 8.48. The third kappa shape index (κ3) is 6.29. The molecule has 2 aliphatic heterocycles. The molecular weight excluding hydrogens is 640 g/mol. The van der Waals surface area contributed by atoms with Crippen molar-refractivity contribution in [3.8, 4) is 0 Å². The van der Waals surface area contributed by atoms with Gasteiger partial charge < -0.3 is 36.2 Å². The highest BCUT2D eigenvalue weighted by Crippen LogP contribution is 2.88. The van der Waals surface area contributed by atoms with Gasteiger partial charge >= 0.3 is 6.03 Å². The Hall–Kier alpha value is -3.22. The second-order valence-corrected chi connectivity index (χ2v) is 17.3. The zero-order valence-electron chi connectivity index (χ0n) is 30.4. The van der Waals surface area contributed by atoms with Gasteiger partial charge in [-0.1, -0.05) is 58.8 Å². The highest BCUT2D eigenvalue weighted by atomic mass is 16.5. The third-order valence-corrected chi connectivity index (χ3v) is 14.1. The molecule has 5 N–H and O–H groups in total. The van der Waals surface area contributed by atoms with Crippen LogP contribution in [-0.4, -0.2) is 102 Å². The zero-order chi connectivity index (χ0) is 36.1. The molecule has 2 spiro atoms. The number of hydrogen-bond acceptors (Lipinski definition) is 7. The van der Waals surface area contributed by atoms with Gasteiger partial charge in [0.2, 0.25) is 23.5 Å². The van der Waals surface area contributed by atoms with Crippen LogP contribution in [0.4, 0.5) is 4.79 Å². The number of nitrogens with two attached hydrogens (primary N) is 1. The molecule has 50 heavy (non-hydrogen) atoms. The summed E-state index contributed by atoms with van der Waals surface area (Å²) in [6.07, 6.45) is 11.7. The lowest BCUT2D eigenvalue weighted by atomic mass is 9.73.